The van der Waals surface area contributed by atoms with E-state index < -0.39 is 0 Å². The molecule has 0 unspecified atom stereocenters. The highest BCUT2D eigenvalue weighted by atomic mass is 79.9. The summed E-state index contributed by atoms with van der Waals surface area (Å²) >= 11 is 3.44. The minimum atomic E-state index is 0.0393. The fourth-order valence-electron chi connectivity index (χ4n) is 1.82. The van der Waals surface area contributed by atoms with Crippen molar-refractivity contribution in [2.24, 2.45) is 0 Å². The molecule has 0 saturated heterocycles. The summed E-state index contributed by atoms with van der Waals surface area (Å²) in [4.78, 5) is 11.7. The van der Waals surface area contributed by atoms with Gasteiger partial charge >= 0.3 is 0 Å². The number of nitrogens with zero attached hydrogens (tertiary/aromatic N) is 1. The summed E-state index contributed by atoms with van der Waals surface area (Å²) in [6.45, 7) is 4.28. The van der Waals surface area contributed by atoms with Crippen molar-refractivity contribution < 1.29 is 4.79 Å². The van der Waals surface area contributed by atoms with E-state index in [-0.39, 0.29) is 11.9 Å². The van der Waals surface area contributed by atoms with Gasteiger partial charge < -0.3 is 9.88 Å². The average molecular weight is 295 g/mol. The lowest BCUT2D eigenvalue weighted by atomic mass is 10.2. The first-order valence-electron chi connectivity index (χ1n) is 5.60. The van der Waals surface area contributed by atoms with Crippen molar-refractivity contribution in [1.82, 2.24) is 9.88 Å². The van der Waals surface area contributed by atoms with Crippen LogP contribution in [0.4, 0.5) is 0 Å². The molecule has 2 aromatic rings. The Labute approximate surface area is 109 Å². The van der Waals surface area contributed by atoms with E-state index in [0.717, 1.165) is 15.4 Å². The number of nitrogens with one attached hydrogen (secondary N) is 1. The van der Waals surface area contributed by atoms with Crippen LogP contribution in [0.2, 0.25) is 0 Å². The van der Waals surface area contributed by atoms with Crippen LogP contribution >= 0.6 is 15.9 Å². The van der Waals surface area contributed by atoms with Crippen LogP contribution in [0.1, 0.15) is 13.8 Å². The van der Waals surface area contributed by atoms with Gasteiger partial charge in [-0.3, -0.25) is 4.79 Å². The molecule has 0 aliphatic rings. The Hall–Kier alpha value is -1.29. The number of carbonyl (C=O) groups excluding carboxylic acids is 1. The number of hydrogen-bond donors (Lipinski definition) is 1. The van der Waals surface area contributed by atoms with Crippen LogP contribution in [-0.2, 0) is 11.3 Å². The molecule has 1 aromatic heterocycles. The monoisotopic (exact) mass is 294 g/mol. The molecule has 1 aromatic carbocycles. The fraction of sp³-hybridized carbons (Fsp3) is 0.308. The molecule has 0 spiro atoms. The van der Waals surface area contributed by atoms with Gasteiger partial charge in [0.05, 0.1) is 0 Å². The third-order valence-electron chi connectivity index (χ3n) is 2.50. The van der Waals surface area contributed by atoms with Crippen LogP contribution in [0.5, 0.6) is 0 Å². The number of fused-ring (bicyclic) bond motifs is 1. The molecule has 17 heavy (non-hydrogen) atoms. The van der Waals surface area contributed by atoms with Crippen LogP contribution < -0.4 is 5.32 Å². The van der Waals surface area contributed by atoms with Gasteiger partial charge in [-0.05, 0) is 37.4 Å². The highest BCUT2D eigenvalue weighted by molar-refractivity contribution is 9.10. The predicted molar refractivity (Wildman–Crippen MR) is 72.9 cm³/mol. The van der Waals surface area contributed by atoms with Crippen molar-refractivity contribution in [3.63, 3.8) is 0 Å². The molecule has 0 radical (unpaired) electrons. The third-order valence-corrected chi connectivity index (χ3v) is 2.99. The highest BCUT2D eigenvalue weighted by Crippen LogP contribution is 2.20. The zero-order valence-electron chi connectivity index (χ0n) is 9.90. The average Bonchev–Trinajstić information content (AvgIpc) is 2.60. The zero-order chi connectivity index (χ0) is 12.4. The Morgan fingerprint density at radius 2 is 2.18 bits per heavy atom. The largest absolute Gasteiger partial charge is 0.352 e. The molecule has 4 heteroatoms. The van der Waals surface area contributed by atoms with Gasteiger partial charge in [0.25, 0.3) is 0 Å². The molecule has 90 valence electrons. The molecule has 1 heterocycles. The molecular weight excluding hydrogens is 280 g/mol. The second-order valence-electron chi connectivity index (χ2n) is 4.37. The fourth-order valence-corrected chi connectivity index (χ4v) is 2.17. The van der Waals surface area contributed by atoms with Crippen LogP contribution in [-0.4, -0.2) is 16.5 Å². The van der Waals surface area contributed by atoms with E-state index in [1.807, 2.05) is 48.9 Å². The first-order valence-corrected chi connectivity index (χ1v) is 6.39. The molecule has 1 N–H and O–H groups in total. The first kappa shape index (κ1) is 12.2. The minimum Gasteiger partial charge on any atom is -0.352 e. The van der Waals surface area contributed by atoms with Crippen LogP contribution in [0, 0.1) is 0 Å². The first-order chi connectivity index (χ1) is 8.06. The summed E-state index contributed by atoms with van der Waals surface area (Å²) in [7, 11) is 0. The Morgan fingerprint density at radius 3 is 2.88 bits per heavy atom. The van der Waals surface area contributed by atoms with Gasteiger partial charge in [0.15, 0.2) is 0 Å². The van der Waals surface area contributed by atoms with Crippen molar-refractivity contribution in [1.29, 1.82) is 0 Å². The van der Waals surface area contributed by atoms with Gasteiger partial charge in [0, 0.05) is 22.2 Å². The number of hydrogen-bond acceptors (Lipinski definition) is 1. The van der Waals surface area contributed by atoms with Gasteiger partial charge in [0.1, 0.15) is 6.54 Å². The van der Waals surface area contributed by atoms with E-state index in [0.29, 0.717) is 6.54 Å². The molecule has 3 nitrogen and oxygen atoms in total. The van der Waals surface area contributed by atoms with Crippen molar-refractivity contribution >= 4 is 32.7 Å². The predicted octanol–water partition coefficient (Wildman–Crippen LogP) is 2.93. The molecule has 0 aliphatic heterocycles. The minimum absolute atomic E-state index is 0.0393. The SMILES string of the molecule is CC(C)NC(=O)Cn1ccc2ccc(Br)cc21. The lowest BCUT2D eigenvalue weighted by Crippen LogP contribution is -2.32. The van der Waals surface area contributed by atoms with Gasteiger partial charge in [-0.15, -0.1) is 0 Å². The summed E-state index contributed by atoms with van der Waals surface area (Å²) in [6.07, 6.45) is 1.94. The van der Waals surface area contributed by atoms with Gasteiger partial charge in [-0.25, -0.2) is 0 Å². The standard InChI is InChI=1S/C13H15BrN2O/c1-9(2)15-13(17)8-16-6-5-10-3-4-11(14)7-12(10)16/h3-7,9H,8H2,1-2H3,(H,15,17). The Balaban J connectivity index is 2.24. The summed E-state index contributed by atoms with van der Waals surface area (Å²) in [6, 6.07) is 8.26. The van der Waals surface area contributed by atoms with Crippen molar-refractivity contribution in [3.8, 4) is 0 Å². The van der Waals surface area contributed by atoms with Gasteiger partial charge in [0.2, 0.25) is 5.91 Å². The topological polar surface area (TPSA) is 34.0 Å². The molecule has 1 amide bonds. The number of amides is 1. The van der Waals surface area contributed by atoms with Crippen molar-refractivity contribution in [3.05, 3.63) is 34.9 Å². The van der Waals surface area contributed by atoms with E-state index >= 15 is 0 Å². The van der Waals surface area contributed by atoms with E-state index in [1.54, 1.807) is 0 Å². The van der Waals surface area contributed by atoms with Gasteiger partial charge in [-0.2, -0.15) is 0 Å². The normalized spacial score (nSPS) is 11.1. The van der Waals surface area contributed by atoms with Crippen LogP contribution in [0.15, 0.2) is 34.9 Å². The summed E-state index contributed by atoms with van der Waals surface area (Å²) < 4.78 is 2.98. The Bertz CT molecular complexity index is 545. The quantitative estimate of drug-likeness (QED) is 0.928. The van der Waals surface area contributed by atoms with E-state index in [1.165, 1.54) is 0 Å². The number of aromatic nitrogens is 1. The molecular formula is C13H15BrN2O. The number of rotatable bonds is 3. The van der Waals surface area contributed by atoms with Crippen LogP contribution in [0.25, 0.3) is 10.9 Å². The summed E-state index contributed by atoms with van der Waals surface area (Å²) in [5.74, 6) is 0.0393. The molecule has 0 saturated carbocycles. The van der Waals surface area contributed by atoms with E-state index in [4.69, 9.17) is 0 Å². The van der Waals surface area contributed by atoms with Crippen LogP contribution in [0.3, 0.4) is 0 Å². The van der Waals surface area contributed by atoms with E-state index in [2.05, 4.69) is 21.2 Å². The molecule has 0 bridgehead atoms. The third kappa shape index (κ3) is 2.88. The van der Waals surface area contributed by atoms with E-state index in [9.17, 15) is 4.79 Å². The smallest absolute Gasteiger partial charge is 0.240 e. The summed E-state index contributed by atoms with van der Waals surface area (Å²) in [5.41, 5.74) is 1.07. The van der Waals surface area contributed by atoms with Gasteiger partial charge in [-0.1, -0.05) is 22.0 Å². The van der Waals surface area contributed by atoms with Crippen molar-refractivity contribution in [2.45, 2.75) is 26.4 Å². The maximum Gasteiger partial charge on any atom is 0.240 e. The Kier molecular flexibility index (Phi) is 3.52. The Morgan fingerprint density at radius 1 is 1.41 bits per heavy atom. The maximum atomic E-state index is 11.7. The molecule has 0 aliphatic carbocycles. The number of carbonyl (C=O) groups is 1. The van der Waals surface area contributed by atoms with Crippen molar-refractivity contribution in [2.75, 3.05) is 0 Å². The number of halogens is 1. The second-order valence-corrected chi connectivity index (χ2v) is 5.28. The second kappa shape index (κ2) is 4.92. The molecule has 0 atom stereocenters. The molecule has 2 rings (SSSR count). The zero-order valence-corrected chi connectivity index (χ0v) is 11.5. The summed E-state index contributed by atoms with van der Waals surface area (Å²) in [5, 5.41) is 4.03. The lowest BCUT2D eigenvalue weighted by Gasteiger charge is -2.09. The lowest BCUT2D eigenvalue weighted by molar-refractivity contribution is -0.122. The number of benzene rings is 1. The molecule has 0 fully saturated rings. The maximum absolute atomic E-state index is 11.7. The highest BCUT2D eigenvalue weighted by Gasteiger charge is 2.07.